The maximum absolute atomic E-state index is 13.1. The van der Waals surface area contributed by atoms with Crippen molar-refractivity contribution in [1.29, 1.82) is 0 Å². The number of hydrogen-bond donors (Lipinski definition) is 0. The Bertz CT molecular complexity index is 1150. The van der Waals surface area contributed by atoms with Crippen LogP contribution in [0.15, 0.2) is 57.2 Å². The van der Waals surface area contributed by atoms with Crippen molar-refractivity contribution in [3.63, 3.8) is 0 Å². The zero-order chi connectivity index (χ0) is 21.3. The molecule has 2 heterocycles. The minimum absolute atomic E-state index is 0.346. The number of halogens is 1. The molecule has 4 rings (SSSR count). The van der Waals surface area contributed by atoms with E-state index >= 15 is 0 Å². The molecule has 0 atom stereocenters. The van der Waals surface area contributed by atoms with Crippen LogP contribution in [0.3, 0.4) is 0 Å². The van der Waals surface area contributed by atoms with Crippen LogP contribution < -0.4 is 4.90 Å². The summed E-state index contributed by atoms with van der Waals surface area (Å²) in [4.78, 5) is 7.47. The van der Waals surface area contributed by atoms with Gasteiger partial charge in [-0.15, -0.1) is 11.3 Å². The molecule has 0 aliphatic carbocycles. The molecule has 0 spiro atoms. The number of anilines is 1. The first kappa shape index (κ1) is 21.5. The van der Waals surface area contributed by atoms with Crippen LogP contribution in [0.25, 0.3) is 0 Å². The molecule has 1 saturated heterocycles. The highest BCUT2D eigenvalue weighted by atomic mass is 79.9. The first-order valence-corrected chi connectivity index (χ1v) is 13.3. The number of sulfone groups is 1. The van der Waals surface area contributed by atoms with Crippen LogP contribution in [0.4, 0.5) is 5.13 Å². The lowest BCUT2D eigenvalue weighted by Gasteiger charge is -2.31. The van der Waals surface area contributed by atoms with Crippen molar-refractivity contribution < 1.29 is 8.42 Å². The highest BCUT2D eigenvalue weighted by molar-refractivity contribution is 9.10. The van der Waals surface area contributed by atoms with Gasteiger partial charge in [-0.1, -0.05) is 30.3 Å². The summed E-state index contributed by atoms with van der Waals surface area (Å²) in [5.74, 6) is 0. The lowest BCUT2D eigenvalue weighted by molar-refractivity contribution is 0.529. The Morgan fingerprint density at radius 2 is 1.83 bits per heavy atom. The topological polar surface area (TPSA) is 50.3 Å². The minimum Gasteiger partial charge on any atom is -0.348 e. The zero-order valence-electron chi connectivity index (χ0n) is 17.1. The molecule has 30 heavy (non-hydrogen) atoms. The third kappa shape index (κ3) is 4.34. The number of hydrogen-bond acceptors (Lipinski definition) is 5. The molecule has 0 unspecified atom stereocenters. The quantitative estimate of drug-likeness (QED) is 0.456. The van der Waals surface area contributed by atoms with E-state index < -0.39 is 9.84 Å². The van der Waals surface area contributed by atoms with E-state index in [0.29, 0.717) is 35.3 Å². The van der Waals surface area contributed by atoms with Gasteiger partial charge in [0.15, 0.2) is 15.0 Å². The van der Waals surface area contributed by atoms with E-state index in [-0.39, 0.29) is 5.25 Å². The fraction of sp³-hybridized carbons (Fsp3) is 0.348. The number of piperidine rings is 1. The van der Waals surface area contributed by atoms with Crippen molar-refractivity contribution in [3.05, 3.63) is 74.7 Å². The molecule has 3 aromatic rings. The Morgan fingerprint density at radius 3 is 2.57 bits per heavy atom. The Labute approximate surface area is 191 Å². The molecular formula is C23H25BrN2O2S2. The number of aromatic nitrogens is 1. The maximum Gasteiger partial charge on any atom is 0.185 e. The predicted molar refractivity (Wildman–Crippen MR) is 127 cm³/mol. The van der Waals surface area contributed by atoms with Crippen molar-refractivity contribution >= 4 is 42.2 Å². The molecule has 0 bridgehead atoms. The molecule has 0 saturated carbocycles. The van der Waals surface area contributed by atoms with E-state index in [1.54, 1.807) is 29.5 Å². The average Bonchev–Trinajstić information content (AvgIpc) is 3.20. The third-order valence-electron chi connectivity index (χ3n) is 5.92. The summed E-state index contributed by atoms with van der Waals surface area (Å²) in [6.45, 7) is 5.72. The second kappa shape index (κ2) is 8.81. The van der Waals surface area contributed by atoms with E-state index in [9.17, 15) is 8.42 Å². The molecule has 0 amide bonds. The highest BCUT2D eigenvalue weighted by Gasteiger charge is 2.33. The molecule has 158 valence electrons. The number of benzene rings is 2. The fourth-order valence-corrected chi connectivity index (χ4v) is 7.57. The SMILES string of the molecule is Cc1cccc(Cc2csc(N3CCC(S(=O)(=O)c4ccccc4Br)CC3)n2)c1C. The van der Waals surface area contributed by atoms with Gasteiger partial charge in [0.05, 0.1) is 15.8 Å². The highest BCUT2D eigenvalue weighted by Crippen LogP contribution is 2.32. The van der Waals surface area contributed by atoms with E-state index in [0.717, 1.165) is 17.2 Å². The summed E-state index contributed by atoms with van der Waals surface area (Å²) in [6, 6.07) is 13.5. The second-order valence-corrected chi connectivity index (χ2v) is 11.7. The summed E-state index contributed by atoms with van der Waals surface area (Å²) >= 11 is 5.04. The van der Waals surface area contributed by atoms with Gasteiger partial charge in [-0.2, -0.15) is 0 Å². The first-order valence-electron chi connectivity index (χ1n) is 10.1. The van der Waals surface area contributed by atoms with Crippen LogP contribution in [0.2, 0.25) is 0 Å². The van der Waals surface area contributed by atoms with Crippen molar-refractivity contribution in [1.82, 2.24) is 4.98 Å². The van der Waals surface area contributed by atoms with Gasteiger partial charge in [0.25, 0.3) is 0 Å². The largest absolute Gasteiger partial charge is 0.348 e. The Balaban J connectivity index is 1.43. The summed E-state index contributed by atoms with van der Waals surface area (Å²) in [5.41, 5.74) is 5.01. The standard InChI is InChI=1S/C23H25BrN2O2S2/c1-16-6-5-7-18(17(16)2)14-19-15-29-23(25-19)26-12-10-20(11-13-26)30(27,28)22-9-4-3-8-21(22)24/h3-9,15,20H,10-14H2,1-2H3. The Kier molecular flexibility index (Phi) is 6.32. The summed E-state index contributed by atoms with van der Waals surface area (Å²) in [6.07, 6.45) is 2.07. The van der Waals surface area contributed by atoms with Crippen LogP contribution >= 0.6 is 27.3 Å². The molecule has 7 heteroatoms. The molecule has 2 aromatic carbocycles. The average molecular weight is 506 g/mol. The maximum atomic E-state index is 13.1. The summed E-state index contributed by atoms with van der Waals surface area (Å²) < 4.78 is 26.8. The number of nitrogens with zero attached hydrogens (tertiary/aromatic N) is 2. The molecule has 0 N–H and O–H groups in total. The van der Waals surface area contributed by atoms with Gasteiger partial charge in [-0.05, 0) is 71.4 Å². The van der Waals surface area contributed by atoms with Gasteiger partial charge in [-0.25, -0.2) is 13.4 Å². The van der Waals surface area contributed by atoms with Gasteiger partial charge < -0.3 is 4.90 Å². The zero-order valence-corrected chi connectivity index (χ0v) is 20.4. The van der Waals surface area contributed by atoms with Crippen molar-refractivity contribution in [2.75, 3.05) is 18.0 Å². The monoisotopic (exact) mass is 504 g/mol. The number of aryl methyl sites for hydroxylation is 1. The Hall–Kier alpha value is -1.70. The molecule has 0 radical (unpaired) electrons. The van der Waals surface area contributed by atoms with Gasteiger partial charge in [-0.3, -0.25) is 0 Å². The molecule has 1 aromatic heterocycles. The summed E-state index contributed by atoms with van der Waals surface area (Å²) in [5, 5.41) is 2.77. The minimum atomic E-state index is -3.33. The second-order valence-electron chi connectivity index (χ2n) is 7.82. The van der Waals surface area contributed by atoms with Crippen molar-refractivity contribution in [3.8, 4) is 0 Å². The summed E-state index contributed by atoms with van der Waals surface area (Å²) in [7, 11) is -3.33. The van der Waals surface area contributed by atoms with Crippen LogP contribution in [0.5, 0.6) is 0 Å². The number of rotatable bonds is 5. The van der Waals surface area contributed by atoms with Crippen LogP contribution in [0.1, 0.15) is 35.2 Å². The molecule has 1 aliphatic rings. The van der Waals surface area contributed by atoms with Gasteiger partial charge in [0.2, 0.25) is 0 Å². The van der Waals surface area contributed by atoms with Crippen molar-refractivity contribution in [2.45, 2.75) is 43.3 Å². The van der Waals surface area contributed by atoms with Crippen molar-refractivity contribution in [2.24, 2.45) is 0 Å². The van der Waals surface area contributed by atoms with E-state index in [1.807, 2.05) is 6.07 Å². The van der Waals surface area contributed by atoms with Crippen LogP contribution in [-0.2, 0) is 16.3 Å². The van der Waals surface area contributed by atoms with E-state index in [2.05, 4.69) is 58.3 Å². The lowest BCUT2D eigenvalue weighted by atomic mass is 10.0. The van der Waals surface area contributed by atoms with Crippen LogP contribution in [0, 0.1) is 13.8 Å². The Morgan fingerprint density at radius 1 is 1.10 bits per heavy atom. The third-order valence-corrected chi connectivity index (χ3v) is 10.1. The molecular weight excluding hydrogens is 480 g/mol. The van der Waals surface area contributed by atoms with E-state index in [4.69, 9.17) is 4.98 Å². The fourth-order valence-electron chi connectivity index (χ4n) is 3.93. The van der Waals surface area contributed by atoms with Gasteiger partial charge in [0.1, 0.15) is 0 Å². The first-order chi connectivity index (χ1) is 14.4. The van der Waals surface area contributed by atoms with Gasteiger partial charge >= 0.3 is 0 Å². The van der Waals surface area contributed by atoms with Gasteiger partial charge in [0, 0.05) is 29.4 Å². The normalized spacial score (nSPS) is 15.5. The lowest BCUT2D eigenvalue weighted by Crippen LogP contribution is -2.39. The molecule has 4 nitrogen and oxygen atoms in total. The smallest absolute Gasteiger partial charge is 0.185 e. The predicted octanol–water partition coefficient (Wildman–Crippen LogP) is 5.56. The number of thiazole rings is 1. The molecule has 1 aliphatic heterocycles. The van der Waals surface area contributed by atoms with Crippen LogP contribution in [-0.4, -0.2) is 31.7 Å². The molecule has 1 fully saturated rings. The van der Waals surface area contributed by atoms with E-state index in [1.165, 1.54) is 16.7 Å².